The third kappa shape index (κ3) is 5.23. The maximum absolute atomic E-state index is 12.4. The summed E-state index contributed by atoms with van der Waals surface area (Å²) in [5, 5.41) is 6.09. The van der Waals surface area contributed by atoms with Crippen LogP contribution in [0.25, 0.3) is 0 Å². The van der Waals surface area contributed by atoms with Crippen LogP contribution < -0.4 is 10.0 Å². The quantitative estimate of drug-likeness (QED) is 0.553. The second kappa shape index (κ2) is 8.78. The fourth-order valence-electron chi connectivity index (χ4n) is 2.43. The van der Waals surface area contributed by atoms with Crippen molar-refractivity contribution in [2.45, 2.75) is 24.8 Å². The van der Waals surface area contributed by atoms with E-state index in [1.54, 1.807) is 37.3 Å². The molecule has 30 heavy (non-hydrogen) atoms. The normalized spacial score (nSPS) is 12.1. The molecule has 2 aromatic carbocycles. The first-order chi connectivity index (χ1) is 14.2. The van der Waals surface area contributed by atoms with Gasteiger partial charge in [-0.3, -0.25) is 9.52 Å². The summed E-state index contributed by atoms with van der Waals surface area (Å²) in [7, 11) is -3.81. The van der Waals surface area contributed by atoms with Crippen LogP contribution in [0.3, 0.4) is 0 Å². The minimum atomic E-state index is -3.81. The van der Waals surface area contributed by atoms with Crippen molar-refractivity contribution in [2.24, 2.45) is 0 Å². The highest BCUT2D eigenvalue weighted by Crippen LogP contribution is 2.17. The zero-order chi connectivity index (χ0) is 21.7. The number of sulfonamides is 1. The van der Waals surface area contributed by atoms with Gasteiger partial charge in [0.1, 0.15) is 5.76 Å². The molecule has 3 rings (SSSR count). The van der Waals surface area contributed by atoms with Gasteiger partial charge in [-0.1, -0.05) is 23.4 Å². The Morgan fingerprint density at radius 2 is 1.73 bits per heavy atom. The van der Waals surface area contributed by atoms with E-state index < -0.39 is 28.0 Å². The molecular formula is C20H19N3O6S. The van der Waals surface area contributed by atoms with E-state index >= 15 is 0 Å². The van der Waals surface area contributed by atoms with Gasteiger partial charge in [-0.05, 0) is 50.2 Å². The largest absolute Gasteiger partial charge is 0.449 e. The molecule has 0 fully saturated rings. The number of hydrogen-bond donors (Lipinski definition) is 2. The Balaban J connectivity index is 1.62. The van der Waals surface area contributed by atoms with Gasteiger partial charge in [0.15, 0.2) is 11.9 Å². The molecule has 0 unspecified atom stereocenters. The van der Waals surface area contributed by atoms with Gasteiger partial charge in [0, 0.05) is 11.8 Å². The minimum absolute atomic E-state index is 0.0184. The molecule has 1 aromatic heterocycles. The van der Waals surface area contributed by atoms with Crippen LogP contribution in [-0.4, -0.2) is 31.6 Å². The van der Waals surface area contributed by atoms with Crippen LogP contribution in [0, 0.1) is 6.92 Å². The Kier molecular flexibility index (Phi) is 6.17. The molecule has 2 N–H and O–H groups in total. The van der Waals surface area contributed by atoms with Gasteiger partial charge in [0.2, 0.25) is 0 Å². The number of ether oxygens (including phenoxy) is 1. The lowest BCUT2D eigenvalue weighted by Crippen LogP contribution is -2.30. The third-order valence-electron chi connectivity index (χ3n) is 3.96. The second-order valence-corrected chi connectivity index (χ2v) is 8.04. The van der Waals surface area contributed by atoms with Gasteiger partial charge in [-0.15, -0.1) is 0 Å². The molecule has 0 bridgehead atoms. The average molecular weight is 429 g/mol. The number of para-hydroxylation sites is 1. The number of amides is 1. The molecule has 3 aromatic rings. The molecule has 0 saturated carbocycles. The molecule has 10 heteroatoms. The van der Waals surface area contributed by atoms with Crippen LogP contribution in [0.1, 0.15) is 23.0 Å². The molecule has 0 radical (unpaired) electrons. The van der Waals surface area contributed by atoms with Crippen LogP contribution in [0.5, 0.6) is 0 Å². The van der Waals surface area contributed by atoms with E-state index in [-0.39, 0.29) is 16.3 Å². The number of esters is 1. The summed E-state index contributed by atoms with van der Waals surface area (Å²) >= 11 is 0. The Morgan fingerprint density at radius 1 is 1.07 bits per heavy atom. The fraction of sp³-hybridized carbons (Fsp3) is 0.150. The zero-order valence-electron chi connectivity index (χ0n) is 16.2. The number of aromatic nitrogens is 1. The van der Waals surface area contributed by atoms with Crippen molar-refractivity contribution in [3.63, 3.8) is 0 Å². The second-order valence-electron chi connectivity index (χ2n) is 6.36. The Hall–Kier alpha value is -3.66. The predicted octanol–water partition coefficient (Wildman–Crippen LogP) is 2.97. The number of nitrogens with one attached hydrogen (secondary N) is 2. The Bertz CT molecular complexity index is 1140. The van der Waals surface area contributed by atoms with Crippen LogP contribution in [0.4, 0.5) is 11.5 Å². The Labute approximate surface area is 173 Å². The smallest absolute Gasteiger partial charge is 0.338 e. The van der Waals surface area contributed by atoms with Crippen molar-refractivity contribution >= 4 is 33.4 Å². The number of carbonyl (C=O) groups excluding carboxylic acids is 2. The highest BCUT2D eigenvalue weighted by molar-refractivity contribution is 7.92. The fourth-order valence-corrected chi connectivity index (χ4v) is 3.48. The SMILES string of the molecule is Cc1cc(NC(=O)[C@H](C)OC(=O)c2ccc(S(=O)(=O)Nc3ccccc3)cc2)no1. The highest BCUT2D eigenvalue weighted by atomic mass is 32.2. The highest BCUT2D eigenvalue weighted by Gasteiger charge is 2.21. The van der Waals surface area contributed by atoms with Crippen molar-refractivity contribution in [3.05, 3.63) is 72.0 Å². The van der Waals surface area contributed by atoms with E-state index in [4.69, 9.17) is 9.26 Å². The zero-order valence-corrected chi connectivity index (χ0v) is 17.0. The topological polar surface area (TPSA) is 128 Å². The van der Waals surface area contributed by atoms with Crippen molar-refractivity contribution in [1.82, 2.24) is 5.16 Å². The molecule has 9 nitrogen and oxygen atoms in total. The van der Waals surface area contributed by atoms with E-state index in [9.17, 15) is 18.0 Å². The number of carbonyl (C=O) groups is 2. The summed E-state index contributed by atoms with van der Waals surface area (Å²) in [6, 6.07) is 15.1. The molecule has 1 atom stereocenters. The van der Waals surface area contributed by atoms with Crippen molar-refractivity contribution in [2.75, 3.05) is 10.0 Å². The molecule has 0 aliphatic rings. The lowest BCUT2D eigenvalue weighted by atomic mass is 10.2. The number of anilines is 2. The Morgan fingerprint density at radius 3 is 2.33 bits per heavy atom. The first kappa shape index (κ1) is 21.1. The van der Waals surface area contributed by atoms with Gasteiger partial charge < -0.3 is 14.6 Å². The van der Waals surface area contributed by atoms with Gasteiger partial charge >= 0.3 is 5.97 Å². The molecule has 0 aliphatic carbocycles. The van der Waals surface area contributed by atoms with Crippen LogP contribution >= 0.6 is 0 Å². The molecule has 1 heterocycles. The summed E-state index contributed by atoms with van der Waals surface area (Å²) in [4.78, 5) is 24.3. The monoisotopic (exact) mass is 429 g/mol. The van der Waals surface area contributed by atoms with Gasteiger partial charge in [-0.25, -0.2) is 13.2 Å². The lowest BCUT2D eigenvalue weighted by molar-refractivity contribution is -0.123. The molecular weight excluding hydrogens is 410 g/mol. The van der Waals surface area contributed by atoms with Crippen LogP contribution in [0.2, 0.25) is 0 Å². The van der Waals surface area contributed by atoms with E-state index in [0.29, 0.717) is 11.4 Å². The number of nitrogens with zero attached hydrogens (tertiary/aromatic N) is 1. The predicted molar refractivity (Wildman–Crippen MR) is 108 cm³/mol. The van der Waals surface area contributed by atoms with Gasteiger partial charge in [0.25, 0.3) is 15.9 Å². The third-order valence-corrected chi connectivity index (χ3v) is 5.36. The maximum Gasteiger partial charge on any atom is 0.338 e. The first-order valence-electron chi connectivity index (χ1n) is 8.88. The molecule has 0 aliphatic heterocycles. The van der Waals surface area contributed by atoms with E-state index in [1.165, 1.54) is 37.3 Å². The van der Waals surface area contributed by atoms with E-state index in [2.05, 4.69) is 15.2 Å². The number of aryl methyl sites for hydroxylation is 1. The summed E-state index contributed by atoms with van der Waals surface area (Å²) in [5.41, 5.74) is 0.522. The molecule has 156 valence electrons. The average Bonchev–Trinajstić information content (AvgIpc) is 3.13. The van der Waals surface area contributed by atoms with E-state index in [1.807, 2.05) is 0 Å². The summed E-state index contributed by atoms with van der Waals surface area (Å²) in [6.45, 7) is 3.08. The summed E-state index contributed by atoms with van der Waals surface area (Å²) in [6.07, 6.45) is -1.10. The lowest BCUT2D eigenvalue weighted by Gasteiger charge is -2.13. The summed E-state index contributed by atoms with van der Waals surface area (Å²) in [5.74, 6) is -0.621. The molecule has 0 saturated heterocycles. The number of benzene rings is 2. The van der Waals surface area contributed by atoms with Crippen molar-refractivity contribution in [3.8, 4) is 0 Å². The van der Waals surface area contributed by atoms with Gasteiger partial charge in [-0.2, -0.15) is 0 Å². The van der Waals surface area contributed by atoms with Gasteiger partial charge in [0.05, 0.1) is 10.5 Å². The summed E-state index contributed by atoms with van der Waals surface area (Å²) < 4.78 is 37.3. The first-order valence-corrected chi connectivity index (χ1v) is 10.4. The van der Waals surface area contributed by atoms with E-state index in [0.717, 1.165) is 0 Å². The number of hydrogen-bond acceptors (Lipinski definition) is 7. The number of rotatable bonds is 7. The minimum Gasteiger partial charge on any atom is -0.449 e. The van der Waals surface area contributed by atoms with Crippen molar-refractivity contribution in [1.29, 1.82) is 0 Å². The molecule has 1 amide bonds. The standard InChI is InChI=1S/C20H19N3O6S/c1-13-12-18(22-29-13)21-19(24)14(2)28-20(25)15-8-10-17(11-9-15)30(26,27)23-16-6-4-3-5-7-16/h3-12,14,23H,1-2H3,(H,21,22,24)/t14-/m0/s1. The van der Waals surface area contributed by atoms with Crippen LogP contribution in [-0.2, 0) is 19.6 Å². The molecule has 0 spiro atoms. The maximum atomic E-state index is 12.4. The van der Waals surface area contributed by atoms with Crippen molar-refractivity contribution < 1.29 is 27.3 Å². The van der Waals surface area contributed by atoms with Crippen LogP contribution in [0.15, 0.2) is 70.1 Å².